The minimum Gasteiger partial charge on any atom is -0.462 e. The predicted octanol–water partition coefficient (Wildman–Crippen LogP) is 2.60. The van der Waals surface area contributed by atoms with Gasteiger partial charge in [-0.2, -0.15) is 0 Å². The third kappa shape index (κ3) is 4.24. The van der Waals surface area contributed by atoms with Crippen molar-refractivity contribution >= 4 is 22.9 Å². The topological polar surface area (TPSA) is 46.6 Å². The second kappa shape index (κ2) is 6.57. The van der Waals surface area contributed by atoms with E-state index in [0.29, 0.717) is 25.9 Å². The summed E-state index contributed by atoms with van der Waals surface area (Å²) >= 11 is 5.40. The van der Waals surface area contributed by atoms with Gasteiger partial charge in [-0.3, -0.25) is 9.59 Å². The van der Waals surface area contributed by atoms with Crippen LogP contribution in [0.4, 0.5) is 4.79 Å². The molecule has 0 atom stereocenters. The van der Waals surface area contributed by atoms with Gasteiger partial charge in [-0.15, -0.1) is 0 Å². The van der Waals surface area contributed by atoms with Gasteiger partial charge in [0.15, 0.2) is 0 Å². The van der Waals surface area contributed by atoms with Gasteiger partial charge >= 0.3 is 11.3 Å². The molecular formula is C14H16ClNO3. The fourth-order valence-corrected chi connectivity index (χ4v) is 2.31. The van der Waals surface area contributed by atoms with Gasteiger partial charge < -0.3 is 9.64 Å². The molecule has 1 aromatic carbocycles. The maximum absolute atomic E-state index is 11.8. The Hall–Kier alpha value is -1.55. The van der Waals surface area contributed by atoms with Crippen molar-refractivity contribution in [2.45, 2.75) is 25.4 Å². The number of piperidine rings is 1. The number of hydrogen-bond acceptors (Lipinski definition) is 3. The first-order valence-corrected chi connectivity index (χ1v) is 6.71. The molecule has 1 saturated heterocycles. The molecule has 0 unspecified atom stereocenters. The normalized spacial score (nSPS) is 16.2. The molecule has 1 fully saturated rings. The minimum absolute atomic E-state index is 0.108. The van der Waals surface area contributed by atoms with Gasteiger partial charge in [0, 0.05) is 25.9 Å². The van der Waals surface area contributed by atoms with Gasteiger partial charge in [0.25, 0.3) is 0 Å². The number of hydrogen-bond donors (Lipinski definition) is 0. The second-order valence-electron chi connectivity index (χ2n) is 4.59. The summed E-state index contributed by atoms with van der Waals surface area (Å²) in [6.45, 7) is 1.09. The highest BCUT2D eigenvalue weighted by atomic mass is 35.5. The first kappa shape index (κ1) is 13.9. The van der Waals surface area contributed by atoms with Gasteiger partial charge in [-0.25, -0.2) is 0 Å². The van der Waals surface area contributed by atoms with E-state index in [0.717, 1.165) is 5.56 Å². The van der Waals surface area contributed by atoms with Crippen molar-refractivity contribution in [1.29, 1.82) is 0 Å². The van der Waals surface area contributed by atoms with E-state index in [1.807, 2.05) is 30.3 Å². The summed E-state index contributed by atoms with van der Waals surface area (Å²) in [6, 6.07) is 9.50. The highest BCUT2D eigenvalue weighted by Crippen LogP contribution is 2.16. The average Bonchev–Trinajstić information content (AvgIpc) is 2.40. The Kier molecular flexibility index (Phi) is 4.80. The monoisotopic (exact) mass is 281 g/mol. The highest BCUT2D eigenvalue weighted by Gasteiger charge is 2.24. The molecule has 4 nitrogen and oxygen atoms in total. The summed E-state index contributed by atoms with van der Waals surface area (Å²) < 4.78 is 5.40. The number of halogens is 1. The molecule has 0 aliphatic carbocycles. The van der Waals surface area contributed by atoms with E-state index >= 15 is 0 Å². The van der Waals surface area contributed by atoms with E-state index in [9.17, 15) is 9.59 Å². The first-order chi connectivity index (χ1) is 9.15. The van der Waals surface area contributed by atoms with Crippen LogP contribution < -0.4 is 0 Å². The Morgan fingerprint density at radius 2 is 1.84 bits per heavy atom. The maximum Gasteiger partial charge on any atom is 0.316 e. The molecule has 1 heterocycles. The molecule has 19 heavy (non-hydrogen) atoms. The second-order valence-corrected chi connectivity index (χ2v) is 4.91. The molecule has 102 valence electrons. The van der Waals surface area contributed by atoms with Crippen molar-refractivity contribution in [2.75, 3.05) is 13.1 Å². The standard InChI is InChI=1S/C14H16ClNO3/c15-14(18)16-8-6-12(7-9-16)19-13(17)10-11-4-2-1-3-5-11/h1-5,12H,6-10H2. The molecule has 0 N–H and O–H groups in total. The van der Waals surface area contributed by atoms with Crippen LogP contribution in [0.2, 0.25) is 0 Å². The van der Waals surface area contributed by atoms with Crippen molar-refractivity contribution < 1.29 is 14.3 Å². The Morgan fingerprint density at radius 3 is 2.42 bits per heavy atom. The van der Waals surface area contributed by atoms with Crippen molar-refractivity contribution in [3.05, 3.63) is 35.9 Å². The zero-order valence-corrected chi connectivity index (χ0v) is 11.3. The van der Waals surface area contributed by atoms with Crippen molar-refractivity contribution in [2.24, 2.45) is 0 Å². The van der Waals surface area contributed by atoms with Crippen molar-refractivity contribution in [3.63, 3.8) is 0 Å². The predicted molar refractivity (Wildman–Crippen MR) is 72.1 cm³/mol. The molecule has 2 rings (SSSR count). The summed E-state index contributed by atoms with van der Waals surface area (Å²) in [7, 11) is 0. The maximum atomic E-state index is 11.8. The number of amides is 1. The molecule has 1 aliphatic rings. The summed E-state index contributed by atoms with van der Waals surface area (Å²) in [6.07, 6.45) is 1.48. The Labute approximate surface area is 117 Å². The lowest BCUT2D eigenvalue weighted by molar-refractivity contribution is -0.149. The molecule has 0 spiro atoms. The van der Waals surface area contributed by atoms with E-state index in [1.165, 1.54) is 0 Å². The van der Waals surface area contributed by atoms with Gasteiger partial charge in [-0.1, -0.05) is 30.3 Å². The lowest BCUT2D eigenvalue weighted by Crippen LogP contribution is -2.39. The summed E-state index contributed by atoms with van der Waals surface area (Å²) in [5.41, 5.74) is 0.945. The van der Waals surface area contributed by atoms with Crippen LogP contribution >= 0.6 is 11.6 Å². The molecule has 0 aromatic heterocycles. The van der Waals surface area contributed by atoms with Gasteiger partial charge in [0.1, 0.15) is 6.10 Å². The fraction of sp³-hybridized carbons (Fsp3) is 0.429. The van der Waals surface area contributed by atoms with Crippen molar-refractivity contribution in [1.82, 2.24) is 4.90 Å². The number of rotatable bonds is 3. The van der Waals surface area contributed by atoms with Crippen LogP contribution in [0.1, 0.15) is 18.4 Å². The van der Waals surface area contributed by atoms with Gasteiger partial charge in [-0.05, 0) is 17.2 Å². The summed E-state index contributed by atoms with van der Waals surface area (Å²) in [5, 5.41) is -0.436. The minimum atomic E-state index is -0.436. The SMILES string of the molecule is O=C(Cc1ccccc1)OC1CCN(C(=O)Cl)CC1. The Morgan fingerprint density at radius 1 is 1.21 bits per heavy atom. The zero-order valence-electron chi connectivity index (χ0n) is 10.5. The quantitative estimate of drug-likeness (QED) is 0.486. The Bertz CT molecular complexity index is 441. The third-order valence-electron chi connectivity index (χ3n) is 3.18. The van der Waals surface area contributed by atoms with Crippen LogP contribution in [0.15, 0.2) is 30.3 Å². The van der Waals surface area contributed by atoms with Gasteiger partial charge in [0.05, 0.1) is 6.42 Å². The lowest BCUT2D eigenvalue weighted by Gasteiger charge is -2.30. The molecule has 0 bridgehead atoms. The van der Waals surface area contributed by atoms with Gasteiger partial charge in [0.2, 0.25) is 0 Å². The van der Waals surface area contributed by atoms with E-state index in [4.69, 9.17) is 16.3 Å². The molecule has 0 saturated carbocycles. The van der Waals surface area contributed by atoms with E-state index in [1.54, 1.807) is 4.90 Å². The molecular weight excluding hydrogens is 266 g/mol. The van der Waals surface area contributed by atoms with Crippen LogP contribution in [-0.2, 0) is 16.0 Å². The zero-order chi connectivity index (χ0) is 13.7. The van der Waals surface area contributed by atoms with Crippen LogP contribution in [0.3, 0.4) is 0 Å². The average molecular weight is 282 g/mol. The van der Waals surface area contributed by atoms with E-state index in [-0.39, 0.29) is 18.5 Å². The smallest absolute Gasteiger partial charge is 0.316 e. The number of likely N-dealkylation sites (tertiary alicyclic amines) is 1. The molecule has 5 heteroatoms. The van der Waals surface area contributed by atoms with Crippen LogP contribution in [0, 0.1) is 0 Å². The van der Waals surface area contributed by atoms with Crippen molar-refractivity contribution in [3.8, 4) is 0 Å². The lowest BCUT2D eigenvalue weighted by atomic mass is 10.1. The van der Waals surface area contributed by atoms with Crippen LogP contribution in [-0.4, -0.2) is 35.4 Å². The summed E-state index contributed by atoms with van der Waals surface area (Å²) in [4.78, 5) is 24.3. The number of ether oxygens (including phenoxy) is 1. The van der Waals surface area contributed by atoms with Crippen LogP contribution in [0.25, 0.3) is 0 Å². The third-order valence-corrected chi connectivity index (χ3v) is 3.42. The fourth-order valence-electron chi connectivity index (χ4n) is 2.14. The Balaban J connectivity index is 1.76. The number of carbonyl (C=O) groups excluding carboxylic acids is 2. The summed E-state index contributed by atoms with van der Waals surface area (Å²) in [5.74, 6) is -0.221. The largest absolute Gasteiger partial charge is 0.462 e. The van der Waals surface area contributed by atoms with Crippen LogP contribution in [0.5, 0.6) is 0 Å². The number of nitrogens with zero attached hydrogens (tertiary/aromatic N) is 1. The first-order valence-electron chi connectivity index (χ1n) is 6.33. The number of esters is 1. The number of carbonyl (C=O) groups is 2. The van der Waals surface area contributed by atoms with E-state index in [2.05, 4.69) is 0 Å². The molecule has 1 aromatic rings. The molecule has 1 aliphatic heterocycles. The highest BCUT2D eigenvalue weighted by molar-refractivity contribution is 6.62. The molecule has 0 radical (unpaired) electrons. The van der Waals surface area contributed by atoms with E-state index < -0.39 is 5.37 Å². The number of benzene rings is 1. The molecule has 1 amide bonds.